The first-order valence-electron chi connectivity index (χ1n) is 9.69. The summed E-state index contributed by atoms with van der Waals surface area (Å²) in [6.07, 6.45) is -4.51. The first-order chi connectivity index (χ1) is 15.1. The minimum atomic E-state index is -4.66. The van der Waals surface area contributed by atoms with Crippen molar-refractivity contribution in [1.29, 1.82) is 0 Å². The number of amides is 1. The normalized spacial score (nSPS) is 12.6. The zero-order valence-electron chi connectivity index (χ0n) is 17.0. The number of halogens is 5. The van der Waals surface area contributed by atoms with Gasteiger partial charge in [0, 0.05) is 11.6 Å². The number of hydrogen-bond acceptors (Lipinski definition) is 3. The molecule has 0 radical (unpaired) electrons. The lowest BCUT2D eigenvalue weighted by Gasteiger charge is -2.14. The number of aliphatic hydroxyl groups is 1. The third-order valence-electron chi connectivity index (χ3n) is 4.92. The van der Waals surface area contributed by atoms with Crippen LogP contribution in [0, 0.1) is 5.82 Å². The Labute approximate surface area is 186 Å². The molecular formula is C22H20ClF4N3O2. The fourth-order valence-electron chi connectivity index (χ4n) is 3.15. The molecule has 0 saturated heterocycles. The molecule has 3 aromatic rings. The summed E-state index contributed by atoms with van der Waals surface area (Å²) in [4.78, 5) is 12.6. The van der Waals surface area contributed by atoms with Crippen LogP contribution in [0.3, 0.4) is 0 Å². The fourth-order valence-corrected chi connectivity index (χ4v) is 3.34. The predicted octanol–water partition coefficient (Wildman–Crippen LogP) is 4.64. The summed E-state index contributed by atoms with van der Waals surface area (Å²) in [5, 5.41) is 15.5. The second-order valence-corrected chi connectivity index (χ2v) is 7.61. The van der Waals surface area contributed by atoms with Crippen LogP contribution in [0.5, 0.6) is 0 Å². The maximum atomic E-state index is 14.1. The van der Waals surface area contributed by atoms with Crippen molar-refractivity contribution in [3.8, 4) is 5.69 Å². The van der Waals surface area contributed by atoms with Gasteiger partial charge in [0.2, 0.25) is 5.91 Å². The number of alkyl halides is 3. The van der Waals surface area contributed by atoms with Crippen molar-refractivity contribution in [3.63, 3.8) is 0 Å². The summed E-state index contributed by atoms with van der Waals surface area (Å²) in [5.74, 6) is -1.78. The van der Waals surface area contributed by atoms with E-state index in [-0.39, 0.29) is 25.3 Å². The second kappa shape index (κ2) is 9.70. The van der Waals surface area contributed by atoms with Gasteiger partial charge in [-0.05, 0) is 54.8 Å². The van der Waals surface area contributed by atoms with Gasteiger partial charge in [-0.3, -0.25) is 4.79 Å². The summed E-state index contributed by atoms with van der Waals surface area (Å²) in [6, 6.07) is 11.3. The number of benzene rings is 2. The Bertz CT molecular complexity index is 1110. The smallest absolute Gasteiger partial charge is 0.396 e. The lowest BCUT2D eigenvalue weighted by molar-refractivity contribution is -0.141. The molecule has 170 valence electrons. The quantitative estimate of drug-likeness (QED) is 0.495. The van der Waals surface area contributed by atoms with E-state index in [1.165, 1.54) is 18.2 Å². The fraction of sp³-hybridized carbons (Fsp3) is 0.273. The monoisotopic (exact) mass is 469 g/mol. The summed E-state index contributed by atoms with van der Waals surface area (Å²) < 4.78 is 54.8. The van der Waals surface area contributed by atoms with Gasteiger partial charge in [0.1, 0.15) is 5.82 Å². The van der Waals surface area contributed by atoms with Gasteiger partial charge in [0.15, 0.2) is 5.69 Å². The molecule has 0 aliphatic carbocycles. The Morgan fingerprint density at radius 3 is 2.59 bits per heavy atom. The number of aliphatic hydroxyl groups excluding tert-OH is 1. The molecule has 2 aromatic carbocycles. The van der Waals surface area contributed by atoms with Crippen LogP contribution in [0.25, 0.3) is 5.69 Å². The van der Waals surface area contributed by atoms with E-state index >= 15 is 0 Å². The number of carbonyl (C=O) groups excluding carboxylic acids is 1. The first-order valence-corrected chi connectivity index (χ1v) is 10.1. The van der Waals surface area contributed by atoms with Crippen molar-refractivity contribution in [2.24, 2.45) is 0 Å². The maximum absolute atomic E-state index is 14.1. The van der Waals surface area contributed by atoms with Gasteiger partial charge in [-0.25, -0.2) is 9.07 Å². The third kappa shape index (κ3) is 5.46. The molecular weight excluding hydrogens is 450 g/mol. The number of aromatic nitrogens is 2. The summed E-state index contributed by atoms with van der Waals surface area (Å²) >= 11 is 5.95. The van der Waals surface area contributed by atoms with Crippen LogP contribution in [-0.4, -0.2) is 27.4 Å². The average Bonchev–Trinajstić information content (AvgIpc) is 3.18. The van der Waals surface area contributed by atoms with Crippen LogP contribution in [0.2, 0.25) is 5.02 Å². The van der Waals surface area contributed by atoms with E-state index in [1.807, 2.05) is 0 Å². The maximum Gasteiger partial charge on any atom is 0.435 e. The van der Waals surface area contributed by atoms with E-state index < -0.39 is 29.5 Å². The van der Waals surface area contributed by atoms with Crippen LogP contribution in [-0.2, 0) is 23.9 Å². The molecule has 1 aromatic heterocycles. The highest BCUT2D eigenvalue weighted by molar-refractivity contribution is 6.30. The Balaban J connectivity index is 1.80. The standard InChI is InChI=1S/C22H20ClF4N3O2/c1-13(15-6-5-14(7-8-31)19(24)9-15)21(32)28-12-18-11-20(22(25,26)27)29-30(18)17-4-2-3-16(23)10-17/h2-6,9-11,13,31H,7-8,12H2,1H3,(H,28,32). The number of rotatable bonds is 7. The van der Waals surface area contributed by atoms with Crippen molar-refractivity contribution in [1.82, 2.24) is 15.1 Å². The Morgan fingerprint density at radius 1 is 1.22 bits per heavy atom. The SMILES string of the molecule is CC(C(=O)NCc1cc(C(F)(F)F)nn1-c1cccc(Cl)c1)c1ccc(CCO)c(F)c1. The zero-order valence-corrected chi connectivity index (χ0v) is 17.7. The Kier molecular flexibility index (Phi) is 7.20. The topological polar surface area (TPSA) is 67.2 Å². The summed E-state index contributed by atoms with van der Waals surface area (Å²) in [6.45, 7) is 1.13. The minimum Gasteiger partial charge on any atom is -0.396 e. The Hall–Kier alpha value is -2.91. The molecule has 32 heavy (non-hydrogen) atoms. The van der Waals surface area contributed by atoms with E-state index in [9.17, 15) is 22.4 Å². The minimum absolute atomic E-state index is 0.101. The number of nitrogens with zero attached hydrogens (tertiary/aromatic N) is 2. The van der Waals surface area contributed by atoms with Crippen molar-refractivity contribution in [3.05, 3.63) is 81.9 Å². The first kappa shape index (κ1) is 23.7. The molecule has 5 nitrogen and oxygen atoms in total. The molecule has 0 fully saturated rings. The van der Waals surface area contributed by atoms with Crippen molar-refractivity contribution in [2.75, 3.05) is 6.61 Å². The van der Waals surface area contributed by atoms with E-state index in [0.29, 0.717) is 21.8 Å². The van der Waals surface area contributed by atoms with Crippen LogP contribution in [0.1, 0.15) is 35.4 Å². The zero-order chi connectivity index (χ0) is 23.5. The van der Waals surface area contributed by atoms with E-state index in [0.717, 1.165) is 10.7 Å². The molecule has 2 N–H and O–H groups in total. The molecule has 0 aliphatic rings. The van der Waals surface area contributed by atoms with Crippen molar-refractivity contribution >= 4 is 17.5 Å². The molecule has 1 atom stereocenters. The van der Waals surface area contributed by atoms with Gasteiger partial charge in [-0.15, -0.1) is 0 Å². The number of hydrogen-bond donors (Lipinski definition) is 2. The van der Waals surface area contributed by atoms with Gasteiger partial charge in [0.05, 0.1) is 23.8 Å². The van der Waals surface area contributed by atoms with Gasteiger partial charge in [-0.1, -0.05) is 29.8 Å². The highest BCUT2D eigenvalue weighted by atomic mass is 35.5. The van der Waals surface area contributed by atoms with E-state index in [2.05, 4.69) is 10.4 Å². The number of nitrogens with one attached hydrogen (secondary N) is 1. The van der Waals surface area contributed by atoms with Gasteiger partial charge < -0.3 is 10.4 Å². The molecule has 0 spiro atoms. The molecule has 3 rings (SSSR count). The lowest BCUT2D eigenvalue weighted by Crippen LogP contribution is -2.28. The summed E-state index contributed by atoms with van der Waals surface area (Å²) in [5.41, 5.74) is 0.0442. The highest BCUT2D eigenvalue weighted by Crippen LogP contribution is 2.30. The largest absolute Gasteiger partial charge is 0.435 e. The molecule has 0 bridgehead atoms. The van der Waals surface area contributed by atoms with Crippen LogP contribution in [0.15, 0.2) is 48.5 Å². The third-order valence-corrected chi connectivity index (χ3v) is 5.16. The van der Waals surface area contributed by atoms with E-state index in [1.54, 1.807) is 31.2 Å². The molecule has 1 unspecified atom stereocenters. The summed E-state index contributed by atoms with van der Waals surface area (Å²) in [7, 11) is 0. The highest BCUT2D eigenvalue weighted by Gasteiger charge is 2.35. The molecule has 1 amide bonds. The average molecular weight is 470 g/mol. The van der Waals surface area contributed by atoms with Crippen molar-refractivity contribution < 1.29 is 27.5 Å². The Morgan fingerprint density at radius 2 is 1.97 bits per heavy atom. The van der Waals surface area contributed by atoms with Gasteiger partial charge >= 0.3 is 6.18 Å². The molecule has 10 heteroatoms. The van der Waals surface area contributed by atoms with Crippen LogP contribution < -0.4 is 5.32 Å². The van der Waals surface area contributed by atoms with Gasteiger partial charge in [0.25, 0.3) is 0 Å². The van der Waals surface area contributed by atoms with Gasteiger partial charge in [-0.2, -0.15) is 18.3 Å². The molecule has 0 saturated carbocycles. The van der Waals surface area contributed by atoms with E-state index in [4.69, 9.17) is 16.7 Å². The van der Waals surface area contributed by atoms with Crippen LogP contribution in [0.4, 0.5) is 17.6 Å². The molecule has 0 aliphatic heterocycles. The second-order valence-electron chi connectivity index (χ2n) is 7.17. The molecule has 1 heterocycles. The lowest BCUT2D eigenvalue weighted by atomic mass is 9.98. The number of carbonyl (C=O) groups is 1. The predicted molar refractivity (Wildman–Crippen MR) is 111 cm³/mol. The van der Waals surface area contributed by atoms with Crippen LogP contribution >= 0.6 is 11.6 Å². The van der Waals surface area contributed by atoms with Crippen molar-refractivity contribution in [2.45, 2.75) is 32.0 Å².